The molecule has 2 unspecified atom stereocenters. The molecule has 0 saturated heterocycles. The van der Waals surface area contributed by atoms with Crippen molar-refractivity contribution >= 4 is 0 Å². The third-order valence-corrected chi connectivity index (χ3v) is 2.13. The van der Waals surface area contributed by atoms with Gasteiger partial charge in [-0.1, -0.05) is 32.9 Å². The van der Waals surface area contributed by atoms with Crippen LogP contribution in [0.5, 0.6) is 0 Å². The van der Waals surface area contributed by atoms with E-state index >= 15 is 0 Å². The molecule has 84 valence electrons. The van der Waals surface area contributed by atoms with Crippen LogP contribution in [-0.2, 0) is 0 Å². The Morgan fingerprint density at radius 1 is 1.21 bits per heavy atom. The van der Waals surface area contributed by atoms with Gasteiger partial charge in [0.2, 0.25) is 0 Å². The number of hydrogen-bond donors (Lipinski definition) is 3. The highest BCUT2D eigenvalue weighted by Crippen LogP contribution is 2.12. The van der Waals surface area contributed by atoms with E-state index in [2.05, 4.69) is 20.8 Å². The van der Waals surface area contributed by atoms with Crippen molar-refractivity contribution in [1.29, 1.82) is 0 Å². The van der Waals surface area contributed by atoms with Crippen LogP contribution in [0.2, 0.25) is 0 Å². The van der Waals surface area contributed by atoms with Crippen LogP contribution in [0.4, 0.5) is 0 Å². The molecule has 0 fully saturated rings. The molecule has 0 aromatic carbocycles. The quantitative estimate of drug-likeness (QED) is 0.559. The van der Waals surface area contributed by atoms with Crippen LogP contribution in [0.1, 0.15) is 27.2 Å². The second-order valence-corrected chi connectivity index (χ2v) is 4.33. The smallest absolute Gasteiger partial charge is 0.0894 e. The van der Waals surface area contributed by atoms with Gasteiger partial charge in [-0.05, 0) is 18.3 Å². The van der Waals surface area contributed by atoms with Gasteiger partial charge in [0.05, 0.1) is 18.8 Å². The van der Waals surface area contributed by atoms with Gasteiger partial charge in [0.15, 0.2) is 0 Å². The van der Waals surface area contributed by atoms with Crippen molar-refractivity contribution < 1.29 is 10.2 Å². The van der Waals surface area contributed by atoms with Crippen molar-refractivity contribution in [2.24, 2.45) is 17.6 Å². The zero-order chi connectivity index (χ0) is 11.1. The lowest BCUT2D eigenvalue weighted by Crippen LogP contribution is -2.36. The second-order valence-electron chi connectivity index (χ2n) is 4.33. The first-order valence-corrected chi connectivity index (χ1v) is 5.20. The average Bonchev–Trinajstić information content (AvgIpc) is 2.11. The van der Waals surface area contributed by atoms with E-state index in [1.54, 1.807) is 6.08 Å². The molecule has 0 aliphatic heterocycles. The highest BCUT2D eigenvalue weighted by Gasteiger charge is 2.10. The van der Waals surface area contributed by atoms with Gasteiger partial charge in [-0.15, -0.1) is 0 Å². The molecule has 0 heterocycles. The largest absolute Gasteiger partial charge is 0.395 e. The van der Waals surface area contributed by atoms with Crippen molar-refractivity contribution in [3.05, 3.63) is 12.2 Å². The summed E-state index contributed by atoms with van der Waals surface area (Å²) >= 11 is 0. The van der Waals surface area contributed by atoms with E-state index in [0.29, 0.717) is 11.8 Å². The van der Waals surface area contributed by atoms with Crippen LogP contribution < -0.4 is 5.73 Å². The Bertz CT molecular complexity index is 169. The van der Waals surface area contributed by atoms with E-state index in [9.17, 15) is 5.11 Å². The Morgan fingerprint density at radius 2 is 1.79 bits per heavy atom. The van der Waals surface area contributed by atoms with Crippen molar-refractivity contribution in [3.63, 3.8) is 0 Å². The van der Waals surface area contributed by atoms with Crippen molar-refractivity contribution in [2.45, 2.75) is 39.3 Å². The second kappa shape index (κ2) is 6.98. The fraction of sp³-hybridized carbons (Fsp3) is 0.818. The van der Waals surface area contributed by atoms with E-state index in [4.69, 9.17) is 10.8 Å². The molecule has 0 spiro atoms. The molecule has 4 N–H and O–H groups in total. The van der Waals surface area contributed by atoms with E-state index in [1.165, 1.54) is 0 Å². The summed E-state index contributed by atoms with van der Waals surface area (Å²) < 4.78 is 0. The van der Waals surface area contributed by atoms with Crippen molar-refractivity contribution in [2.75, 3.05) is 6.61 Å². The maximum atomic E-state index is 9.43. The van der Waals surface area contributed by atoms with Gasteiger partial charge >= 0.3 is 0 Å². The molecule has 3 heteroatoms. The number of allylic oxidation sites excluding steroid dienone is 1. The van der Waals surface area contributed by atoms with E-state index in [-0.39, 0.29) is 6.61 Å². The zero-order valence-electron chi connectivity index (χ0n) is 9.35. The van der Waals surface area contributed by atoms with Gasteiger partial charge in [-0.25, -0.2) is 0 Å². The Labute approximate surface area is 86.6 Å². The Balaban J connectivity index is 3.90. The normalized spacial score (nSPS) is 18.8. The summed E-state index contributed by atoms with van der Waals surface area (Å²) in [6.07, 6.45) is 3.99. The summed E-state index contributed by atoms with van der Waals surface area (Å²) in [6.45, 7) is 6.25. The van der Waals surface area contributed by atoms with E-state index < -0.39 is 12.1 Å². The maximum absolute atomic E-state index is 9.43. The highest BCUT2D eigenvalue weighted by atomic mass is 16.3. The molecule has 0 aromatic heterocycles. The first-order chi connectivity index (χ1) is 6.47. The first-order valence-electron chi connectivity index (χ1n) is 5.20. The number of aliphatic hydroxyl groups is 2. The maximum Gasteiger partial charge on any atom is 0.0894 e. The molecule has 0 bridgehead atoms. The Morgan fingerprint density at radius 3 is 2.21 bits per heavy atom. The van der Waals surface area contributed by atoms with E-state index in [0.717, 1.165) is 6.42 Å². The molecule has 0 saturated carbocycles. The number of hydrogen-bond acceptors (Lipinski definition) is 3. The minimum Gasteiger partial charge on any atom is -0.395 e. The summed E-state index contributed by atoms with van der Waals surface area (Å²) in [6, 6.07) is -0.572. The fourth-order valence-electron chi connectivity index (χ4n) is 1.38. The molecule has 0 aliphatic carbocycles. The van der Waals surface area contributed by atoms with Crippen molar-refractivity contribution in [3.8, 4) is 0 Å². The number of nitrogens with two attached hydrogens (primary N) is 1. The topological polar surface area (TPSA) is 66.5 Å². The lowest BCUT2D eigenvalue weighted by atomic mass is 9.97. The molecule has 0 amide bonds. The Kier molecular flexibility index (Phi) is 6.79. The molecule has 0 radical (unpaired) electrons. The summed E-state index contributed by atoms with van der Waals surface area (Å²) in [5.74, 6) is 1.09. The van der Waals surface area contributed by atoms with Crippen molar-refractivity contribution in [1.82, 2.24) is 0 Å². The summed E-state index contributed by atoms with van der Waals surface area (Å²) in [7, 11) is 0. The Hall–Kier alpha value is -0.380. The molecule has 0 rings (SSSR count). The van der Waals surface area contributed by atoms with Crippen LogP contribution in [0.25, 0.3) is 0 Å². The number of aliphatic hydroxyl groups excluding tert-OH is 2. The molecular formula is C11H23NO2. The molecule has 0 aliphatic rings. The summed E-state index contributed by atoms with van der Waals surface area (Å²) in [4.78, 5) is 0. The predicted octanol–water partition coefficient (Wildman–Crippen LogP) is 0.905. The molecule has 3 atom stereocenters. The number of rotatable bonds is 6. The summed E-state index contributed by atoms with van der Waals surface area (Å²) in [5.41, 5.74) is 5.45. The molecule has 0 aromatic rings. The van der Waals surface area contributed by atoms with Crippen LogP contribution in [-0.4, -0.2) is 29.0 Å². The summed E-state index contributed by atoms with van der Waals surface area (Å²) in [5, 5.41) is 18.1. The predicted molar refractivity (Wildman–Crippen MR) is 58.8 cm³/mol. The van der Waals surface area contributed by atoms with Gasteiger partial charge in [-0.2, -0.15) is 0 Å². The third-order valence-electron chi connectivity index (χ3n) is 2.13. The molecule has 3 nitrogen and oxygen atoms in total. The van der Waals surface area contributed by atoms with Gasteiger partial charge < -0.3 is 15.9 Å². The van der Waals surface area contributed by atoms with Gasteiger partial charge in [-0.3, -0.25) is 0 Å². The van der Waals surface area contributed by atoms with Gasteiger partial charge in [0, 0.05) is 0 Å². The van der Waals surface area contributed by atoms with Gasteiger partial charge in [0.1, 0.15) is 0 Å². The third kappa shape index (κ3) is 6.13. The molecule has 14 heavy (non-hydrogen) atoms. The van der Waals surface area contributed by atoms with Crippen LogP contribution in [0, 0.1) is 11.8 Å². The lowest BCUT2D eigenvalue weighted by molar-refractivity contribution is 0.143. The average molecular weight is 201 g/mol. The minimum absolute atomic E-state index is 0.190. The standard InChI is InChI=1S/C11H23NO2/c1-8(2)6-9(3)4-5-11(14)10(12)7-13/h4-5,8-11,13-14H,6-7,12H2,1-3H3/b5-4+/t9-,10?,11?/m1/s1. The fourth-order valence-corrected chi connectivity index (χ4v) is 1.38. The lowest BCUT2D eigenvalue weighted by Gasteiger charge is -2.14. The minimum atomic E-state index is -0.741. The highest BCUT2D eigenvalue weighted by molar-refractivity contribution is 4.96. The first kappa shape index (κ1) is 13.6. The molecular weight excluding hydrogens is 178 g/mol. The van der Waals surface area contributed by atoms with Crippen LogP contribution in [0.15, 0.2) is 12.2 Å². The zero-order valence-corrected chi connectivity index (χ0v) is 9.35. The van der Waals surface area contributed by atoms with Gasteiger partial charge in [0.25, 0.3) is 0 Å². The van der Waals surface area contributed by atoms with Crippen LogP contribution >= 0.6 is 0 Å². The van der Waals surface area contributed by atoms with Crippen LogP contribution in [0.3, 0.4) is 0 Å². The SMILES string of the molecule is CC(C)C[C@H](C)/C=C/C(O)C(N)CO. The van der Waals surface area contributed by atoms with E-state index in [1.807, 2.05) is 6.08 Å². The monoisotopic (exact) mass is 201 g/mol.